The van der Waals surface area contributed by atoms with Gasteiger partial charge in [0, 0.05) is 23.1 Å². The van der Waals surface area contributed by atoms with Crippen LogP contribution >= 0.6 is 0 Å². The Kier molecular flexibility index (Phi) is 6.08. The van der Waals surface area contributed by atoms with Crippen molar-refractivity contribution in [2.75, 3.05) is 13.2 Å². The second-order valence-corrected chi connectivity index (χ2v) is 6.40. The molecule has 3 aromatic rings. The summed E-state index contributed by atoms with van der Waals surface area (Å²) in [7, 11) is 0. The summed E-state index contributed by atoms with van der Waals surface area (Å²) in [5, 5.41) is 0.711. The van der Waals surface area contributed by atoms with Gasteiger partial charge in [-0.1, -0.05) is 31.2 Å². The third-order valence-corrected chi connectivity index (χ3v) is 4.44. The van der Waals surface area contributed by atoms with E-state index >= 15 is 0 Å². The maximum absolute atomic E-state index is 12.5. The molecule has 0 bridgehead atoms. The average Bonchev–Trinajstić information content (AvgIpc) is 2.68. The first kappa shape index (κ1) is 18.2. The Balaban J connectivity index is 1.65. The second-order valence-electron chi connectivity index (χ2n) is 6.40. The fraction of sp³-hybridized carbons (Fsp3) is 0.318. The molecule has 136 valence electrons. The van der Waals surface area contributed by atoms with E-state index in [1.54, 1.807) is 0 Å². The van der Waals surface area contributed by atoms with Crippen molar-refractivity contribution in [3.05, 3.63) is 75.6 Å². The van der Waals surface area contributed by atoms with E-state index in [0.29, 0.717) is 17.6 Å². The Morgan fingerprint density at radius 2 is 1.77 bits per heavy atom. The molecule has 4 nitrogen and oxygen atoms in total. The fourth-order valence-electron chi connectivity index (χ4n) is 2.87. The molecule has 0 unspecified atom stereocenters. The van der Waals surface area contributed by atoms with E-state index in [1.807, 2.05) is 43.3 Å². The molecule has 0 spiro atoms. The summed E-state index contributed by atoms with van der Waals surface area (Å²) in [5.74, 6) is 0.789. The summed E-state index contributed by atoms with van der Waals surface area (Å²) in [5.41, 5.74) is 3.63. The van der Waals surface area contributed by atoms with Crippen LogP contribution in [0.5, 0.6) is 5.75 Å². The van der Waals surface area contributed by atoms with Crippen LogP contribution < -0.4 is 10.2 Å². The number of para-hydroxylation sites is 1. The van der Waals surface area contributed by atoms with Gasteiger partial charge in [0.25, 0.3) is 0 Å². The van der Waals surface area contributed by atoms with Crippen molar-refractivity contribution in [3.8, 4) is 5.75 Å². The van der Waals surface area contributed by atoms with Crippen molar-refractivity contribution in [2.45, 2.75) is 33.3 Å². The third-order valence-electron chi connectivity index (χ3n) is 4.44. The minimum absolute atomic E-state index is 0.0559. The van der Waals surface area contributed by atoms with Gasteiger partial charge in [-0.3, -0.25) is 4.79 Å². The number of benzene rings is 2. The van der Waals surface area contributed by atoms with Crippen molar-refractivity contribution >= 4 is 10.9 Å². The number of pyridine rings is 1. The molecule has 26 heavy (non-hydrogen) atoms. The number of H-pyrrole nitrogens is 1. The first-order valence-electron chi connectivity index (χ1n) is 9.09. The number of hydrogen-bond donors (Lipinski definition) is 1. The molecule has 3 rings (SSSR count). The lowest BCUT2D eigenvalue weighted by Gasteiger charge is -2.11. The van der Waals surface area contributed by atoms with Crippen molar-refractivity contribution in [3.63, 3.8) is 0 Å². The lowest BCUT2D eigenvalue weighted by molar-refractivity contribution is 0.138. The van der Waals surface area contributed by atoms with Crippen LogP contribution in [-0.2, 0) is 17.8 Å². The number of rotatable bonds is 8. The molecule has 4 heteroatoms. The van der Waals surface area contributed by atoms with Crippen LogP contribution in [0.3, 0.4) is 0 Å². The summed E-state index contributed by atoms with van der Waals surface area (Å²) < 4.78 is 11.4. The molecule has 0 aliphatic carbocycles. The normalized spacial score (nSPS) is 11.0. The lowest BCUT2D eigenvalue weighted by atomic mass is 10.1. The first-order valence-corrected chi connectivity index (χ1v) is 9.09. The summed E-state index contributed by atoms with van der Waals surface area (Å²) in [6.07, 6.45) is 1.94. The smallest absolute Gasteiger partial charge is 0.192 e. The number of fused-ring (bicyclic) bond motifs is 1. The number of ether oxygens (including phenoxy) is 2. The van der Waals surface area contributed by atoms with E-state index in [2.05, 4.69) is 24.0 Å². The quantitative estimate of drug-likeness (QED) is 0.613. The van der Waals surface area contributed by atoms with Crippen LogP contribution in [-0.4, -0.2) is 18.2 Å². The summed E-state index contributed by atoms with van der Waals surface area (Å²) in [4.78, 5) is 15.8. The maximum Gasteiger partial charge on any atom is 0.192 e. The Morgan fingerprint density at radius 1 is 1.00 bits per heavy atom. The zero-order chi connectivity index (χ0) is 18.4. The van der Waals surface area contributed by atoms with E-state index < -0.39 is 0 Å². The highest BCUT2D eigenvalue weighted by molar-refractivity contribution is 5.79. The minimum atomic E-state index is 0.0559. The largest absolute Gasteiger partial charge is 0.487 e. The molecule has 0 saturated carbocycles. The van der Waals surface area contributed by atoms with E-state index in [1.165, 1.54) is 5.56 Å². The molecule has 1 N–H and O–H groups in total. The molecular formula is C22H25NO3. The fourth-order valence-corrected chi connectivity index (χ4v) is 2.87. The Labute approximate surface area is 153 Å². The van der Waals surface area contributed by atoms with Gasteiger partial charge in [0.2, 0.25) is 0 Å². The van der Waals surface area contributed by atoms with Crippen LogP contribution in [0.1, 0.15) is 30.2 Å². The number of hydrogen-bond acceptors (Lipinski definition) is 3. The molecule has 0 amide bonds. The molecule has 0 aliphatic heterocycles. The monoisotopic (exact) mass is 351 g/mol. The van der Waals surface area contributed by atoms with Crippen LogP contribution in [0.2, 0.25) is 0 Å². The maximum atomic E-state index is 12.5. The molecular weight excluding hydrogens is 326 g/mol. The predicted molar refractivity (Wildman–Crippen MR) is 105 cm³/mol. The van der Waals surface area contributed by atoms with Gasteiger partial charge in [0.05, 0.1) is 12.3 Å². The number of aromatic amines is 1. The first-order chi connectivity index (χ1) is 12.7. The van der Waals surface area contributed by atoms with Gasteiger partial charge in [-0.2, -0.15) is 0 Å². The van der Waals surface area contributed by atoms with Crippen molar-refractivity contribution in [1.82, 2.24) is 4.98 Å². The number of aromatic nitrogens is 1. The summed E-state index contributed by atoms with van der Waals surface area (Å²) >= 11 is 0. The van der Waals surface area contributed by atoms with Crippen molar-refractivity contribution in [1.29, 1.82) is 0 Å². The van der Waals surface area contributed by atoms with Gasteiger partial charge < -0.3 is 14.5 Å². The Morgan fingerprint density at radius 3 is 2.54 bits per heavy atom. The van der Waals surface area contributed by atoms with Gasteiger partial charge >= 0.3 is 0 Å². The van der Waals surface area contributed by atoms with E-state index in [0.717, 1.165) is 43.0 Å². The van der Waals surface area contributed by atoms with Gasteiger partial charge in [0.1, 0.15) is 12.4 Å². The molecule has 0 saturated heterocycles. The average molecular weight is 351 g/mol. The highest BCUT2D eigenvalue weighted by atomic mass is 16.5. The van der Waals surface area contributed by atoms with Gasteiger partial charge in [-0.15, -0.1) is 0 Å². The summed E-state index contributed by atoms with van der Waals surface area (Å²) in [6.45, 7) is 5.83. The standard InChI is InChI=1S/C22H25NO3/c1-3-13-25-14-12-17-8-10-18(11-9-17)26-15-21-16(2)22(24)19-6-4-5-7-20(19)23-21/h4-11H,3,12-15H2,1-2H3,(H,23,24). The van der Waals surface area contributed by atoms with Gasteiger partial charge in [0.15, 0.2) is 5.43 Å². The highest BCUT2D eigenvalue weighted by Gasteiger charge is 2.08. The molecule has 0 radical (unpaired) electrons. The minimum Gasteiger partial charge on any atom is -0.487 e. The van der Waals surface area contributed by atoms with Crippen LogP contribution in [0.25, 0.3) is 10.9 Å². The van der Waals surface area contributed by atoms with Gasteiger partial charge in [-0.25, -0.2) is 0 Å². The molecule has 1 aromatic heterocycles. The molecule has 1 heterocycles. The van der Waals surface area contributed by atoms with E-state index in [-0.39, 0.29) is 5.43 Å². The van der Waals surface area contributed by atoms with Crippen LogP contribution in [0, 0.1) is 6.92 Å². The topological polar surface area (TPSA) is 51.3 Å². The predicted octanol–water partition coefficient (Wildman–Crippen LogP) is 4.38. The molecule has 0 fully saturated rings. The highest BCUT2D eigenvalue weighted by Crippen LogP contribution is 2.16. The molecule has 0 atom stereocenters. The van der Waals surface area contributed by atoms with Gasteiger partial charge in [-0.05, 0) is 49.6 Å². The number of nitrogens with one attached hydrogen (secondary N) is 1. The van der Waals surface area contributed by atoms with Crippen molar-refractivity contribution < 1.29 is 9.47 Å². The van der Waals surface area contributed by atoms with Crippen LogP contribution in [0.15, 0.2) is 53.3 Å². The SMILES string of the molecule is CCCOCCc1ccc(OCc2[nH]c3ccccc3c(=O)c2C)cc1. The molecule has 2 aromatic carbocycles. The zero-order valence-electron chi connectivity index (χ0n) is 15.4. The van der Waals surface area contributed by atoms with E-state index in [4.69, 9.17) is 9.47 Å². The summed E-state index contributed by atoms with van der Waals surface area (Å²) in [6, 6.07) is 15.6. The molecule has 0 aliphatic rings. The third kappa shape index (κ3) is 4.33. The Bertz CT molecular complexity index is 913. The van der Waals surface area contributed by atoms with E-state index in [9.17, 15) is 4.79 Å². The Hall–Kier alpha value is -2.59. The zero-order valence-corrected chi connectivity index (χ0v) is 15.4. The van der Waals surface area contributed by atoms with Crippen molar-refractivity contribution in [2.24, 2.45) is 0 Å². The van der Waals surface area contributed by atoms with Crippen LogP contribution in [0.4, 0.5) is 0 Å². The second kappa shape index (κ2) is 8.68. The lowest BCUT2D eigenvalue weighted by Crippen LogP contribution is -2.13.